The molecule has 0 amide bonds. The van der Waals surface area contributed by atoms with Crippen molar-refractivity contribution in [2.45, 2.75) is 26.2 Å². The number of thiophene rings is 1. The highest BCUT2D eigenvalue weighted by molar-refractivity contribution is 7.18. The van der Waals surface area contributed by atoms with Crippen molar-refractivity contribution in [2.24, 2.45) is 5.92 Å². The van der Waals surface area contributed by atoms with Crippen molar-refractivity contribution in [3.05, 3.63) is 46.6 Å². The molecule has 0 radical (unpaired) electrons. The fourth-order valence-electron chi connectivity index (χ4n) is 3.06. The van der Waals surface area contributed by atoms with Crippen molar-refractivity contribution in [2.75, 3.05) is 0 Å². The molecule has 4 nitrogen and oxygen atoms in total. The van der Waals surface area contributed by atoms with Crippen LogP contribution in [0.3, 0.4) is 0 Å². The maximum Gasteiger partial charge on any atom is 0.231 e. The van der Waals surface area contributed by atoms with Crippen LogP contribution in [0.1, 0.15) is 29.3 Å². The first-order valence-corrected chi connectivity index (χ1v) is 8.49. The van der Waals surface area contributed by atoms with Gasteiger partial charge < -0.3 is 4.74 Å². The summed E-state index contributed by atoms with van der Waals surface area (Å²) in [4.78, 5) is 11.2. The smallest absolute Gasteiger partial charge is 0.231 e. The van der Waals surface area contributed by atoms with Crippen LogP contribution in [-0.4, -0.2) is 9.97 Å². The van der Waals surface area contributed by atoms with Gasteiger partial charge in [-0.1, -0.05) is 13.0 Å². The first-order valence-electron chi connectivity index (χ1n) is 7.68. The molecule has 2 heterocycles. The SMILES string of the molecule is C[C@@H]1CCc2c(sc3ncnc(Oc4cccc(C#N)c4)c23)C1. The van der Waals surface area contributed by atoms with Crippen LogP contribution in [-0.2, 0) is 12.8 Å². The molecule has 0 saturated heterocycles. The topological polar surface area (TPSA) is 58.8 Å². The van der Waals surface area contributed by atoms with E-state index in [1.54, 1.807) is 29.8 Å². The van der Waals surface area contributed by atoms with E-state index in [4.69, 9.17) is 10.00 Å². The number of fused-ring (bicyclic) bond motifs is 3. The van der Waals surface area contributed by atoms with E-state index < -0.39 is 0 Å². The number of hydrogen-bond donors (Lipinski definition) is 0. The van der Waals surface area contributed by atoms with E-state index in [1.807, 2.05) is 12.1 Å². The summed E-state index contributed by atoms with van der Waals surface area (Å²) in [7, 11) is 0. The third-order valence-electron chi connectivity index (χ3n) is 4.23. The Kier molecular flexibility index (Phi) is 3.47. The Morgan fingerprint density at radius 1 is 1.35 bits per heavy atom. The lowest BCUT2D eigenvalue weighted by atomic mass is 9.89. The number of benzene rings is 1. The van der Waals surface area contributed by atoms with Crippen molar-refractivity contribution in [3.8, 4) is 17.7 Å². The fourth-order valence-corrected chi connectivity index (χ4v) is 4.41. The molecule has 0 fully saturated rings. The summed E-state index contributed by atoms with van der Waals surface area (Å²) in [6.45, 7) is 2.30. The van der Waals surface area contributed by atoms with Gasteiger partial charge in [-0.25, -0.2) is 9.97 Å². The highest BCUT2D eigenvalue weighted by Crippen LogP contribution is 2.41. The van der Waals surface area contributed by atoms with Crippen molar-refractivity contribution >= 4 is 21.6 Å². The normalized spacial score (nSPS) is 16.8. The van der Waals surface area contributed by atoms with E-state index in [0.717, 1.165) is 29.0 Å². The molecule has 0 unspecified atom stereocenters. The number of aromatic nitrogens is 2. The van der Waals surface area contributed by atoms with E-state index in [-0.39, 0.29) is 0 Å². The molecule has 0 saturated carbocycles. The average molecular weight is 321 g/mol. The number of nitriles is 1. The third-order valence-corrected chi connectivity index (χ3v) is 5.40. The molecule has 114 valence electrons. The van der Waals surface area contributed by atoms with Gasteiger partial charge in [-0.15, -0.1) is 11.3 Å². The molecule has 4 rings (SSSR count). The Morgan fingerprint density at radius 2 is 2.26 bits per heavy atom. The molecule has 1 atom stereocenters. The van der Waals surface area contributed by atoms with Gasteiger partial charge in [0.15, 0.2) is 0 Å². The van der Waals surface area contributed by atoms with Crippen LogP contribution in [0.2, 0.25) is 0 Å². The molecule has 1 aliphatic rings. The summed E-state index contributed by atoms with van der Waals surface area (Å²) in [5, 5.41) is 10.1. The Morgan fingerprint density at radius 3 is 3.13 bits per heavy atom. The monoisotopic (exact) mass is 321 g/mol. The maximum atomic E-state index is 9.02. The van der Waals surface area contributed by atoms with Crippen molar-refractivity contribution < 1.29 is 4.74 Å². The highest BCUT2D eigenvalue weighted by atomic mass is 32.1. The van der Waals surface area contributed by atoms with Crippen LogP contribution in [0, 0.1) is 17.2 Å². The zero-order chi connectivity index (χ0) is 15.8. The van der Waals surface area contributed by atoms with Crippen LogP contribution in [0.15, 0.2) is 30.6 Å². The number of rotatable bonds is 2. The van der Waals surface area contributed by atoms with Crippen molar-refractivity contribution in [1.82, 2.24) is 9.97 Å². The lowest BCUT2D eigenvalue weighted by molar-refractivity contribution is 0.466. The van der Waals surface area contributed by atoms with Gasteiger partial charge in [0.2, 0.25) is 5.88 Å². The molecule has 1 aromatic carbocycles. The minimum absolute atomic E-state index is 0.578. The lowest BCUT2D eigenvalue weighted by Crippen LogP contribution is -2.08. The second-order valence-corrected chi connectivity index (χ2v) is 7.04. The third kappa shape index (κ3) is 2.55. The molecule has 0 N–H and O–H groups in total. The van der Waals surface area contributed by atoms with Gasteiger partial charge >= 0.3 is 0 Å². The van der Waals surface area contributed by atoms with Crippen molar-refractivity contribution in [1.29, 1.82) is 5.26 Å². The summed E-state index contributed by atoms with van der Waals surface area (Å²) in [5.74, 6) is 1.95. The molecule has 0 spiro atoms. The van der Waals surface area contributed by atoms with Crippen LogP contribution >= 0.6 is 11.3 Å². The molecular weight excluding hydrogens is 306 g/mol. The predicted octanol–water partition coefficient (Wildman–Crippen LogP) is 4.48. The van der Waals surface area contributed by atoms with E-state index in [2.05, 4.69) is 23.0 Å². The van der Waals surface area contributed by atoms with E-state index in [0.29, 0.717) is 17.2 Å². The predicted molar refractivity (Wildman–Crippen MR) is 89.8 cm³/mol. The van der Waals surface area contributed by atoms with Gasteiger partial charge in [0.25, 0.3) is 0 Å². The minimum atomic E-state index is 0.578. The summed E-state index contributed by atoms with van der Waals surface area (Å²) in [6, 6.07) is 9.28. The van der Waals surface area contributed by atoms with Gasteiger partial charge in [-0.3, -0.25) is 0 Å². The first kappa shape index (κ1) is 14.2. The summed E-state index contributed by atoms with van der Waals surface area (Å²) in [6.07, 6.45) is 4.91. The lowest BCUT2D eigenvalue weighted by Gasteiger charge is -2.18. The Labute approximate surface area is 138 Å². The van der Waals surface area contributed by atoms with Crippen LogP contribution in [0.25, 0.3) is 10.2 Å². The molecule has 0 aliphatic heterocycles. The first-order chi connectivity index (χ1) is 11.2. The van der Waals surface area contributed by atoms with Gasteiger partial charge in [0.1, 0.15) is 16.9 Å². The van der Waals surface area contributed by atoms with Crippen LogP contribution < -0.4 is 4.74 Å². The maximum absolute atomic E-state index is 9.02. The Balaban J connectivity index is 1.79. The van der Waals surface area contributed by atoms with E-state index in [1.165, 1.54) is 16.9 Å². The molecular formula is C18H15N3OS. The highest BCUT2D eigenvalue weighted by Gasteiger charge is 2.23. The molecule has 5 heteroatoms. The minimum Gasteiger partial charge on any atom is -0.438 e. The Hall–Kier alpha value is -2.45. The zero-order valence-electron chi connectivity index (χ0n) is 12.7. The number of aryl methyl sites for hydroxylation is 1. The van der Waals surface area contributed by atoms with E-state index in [9.17, 15) is 0 Å². The second-order valence-electron chi connectivity index (χ2n) is 5.95. The van der Waals surface area contributed by atoms with Gasteiger partial charge in [-0.05, 0) is 48.9 Å². The molecule has 1 aliphatic carbocycles. The number of ether oxygens (including phenoxy) is 1. The zero-order valence-corrected chi connectivity index (χ0v) is 13.6. The number of nitrogens with zero attached hydrogens (tertiary/aromatic N) is 3. The number of hydrogen-bond acceptors (Lipinski definition) is 5. The average Bonchev–Trinajstić information content (AvgIpc) is 2.93. The van der Waals surface area contributed by atoms with Gasteiger partial charge in [0, 0.05) is 4.88 Å². The molecule has 3 aromatic rings. The molecule has 2 aromatic heterocycles. The second kappa shape index (κ2) is 5.64. The fraction of sp³-hybridized carbons (Fsp3) is 0.278. The van der Waals surface area contributed by atoms with E-state index >= 15 is 0 Å². The quantitative estimate of drug-likeness (QED) is 0.698. The van der Waals surface area contributed by atoms with Crippen LogP contribution in [0.4, 0.5) is 0 Å². The van der Waals surface area contributed by atoms with Gasteiger partial charge in [0.05, 0.1) is 17.0 Å². The summed E-state index contributed by atoms with van der Waals surface area (Å²) >= 11 is 1.75. The largest absolute Gasteiger partial charge is 0.438 e. The summed E-state index contributed by atoms with van der Waals surface area (Å²) in [5.41, 5.74) is 1.92. The molecule has 0 bridgehead atoms. The van der Waals surface area contributed by atoms with Crippen molar-refractivity contribution in [3.63, 3.8) is 0 Å². The Bertz CT molecular complexity index is 926. The molecule has 23 heavy (non-hydrogen) atoms. The summed E-state index contributed by atoms with van der Waals surface area (Å²) < 4.78 is 5.99. The van der Waals surface area contributed by atoms with Crippen LogP contribution in [0.5, 0.6) is 11.6 Å². The van der Waals surface area contributed by atoms with Gasteiger partial charge in [-0.2, -0.15) is 5.26 Å². The standard InChI is InChI=1S/C18H15N3OS/c1-11-5-6-14-15(7-11)23-18-16(14)17(20-10-21-18)22-13-4-2-3-12(8-13)9-19/h2-4,8,10-11H,5-7H2,1H3/t11-/m1/s1.